The van der Waals surface area contributed by atoms with E-state index in [2.05, 4.69) is 118 Å². The summed E-state index contributed by atoms with van der Waals surface area (Å²) in [5, 5.41) is 0. The second kappa shape index (κ2) is 51.0. The quantitative estimate of drug-likeness (QED) is 0.0262. The molecule has 0 aliphatic carbocycles. The molecule has 0 aliphatic heterocycles. The topological polar surface area (TPSA) is 78.9 Å². The molecule has 63 heavy (non-hydrogen) atoms. The van der Waals surface area contributed by atoms with Crippen molar-refractivity contribution < 1.29 is 28.6 Å². The van der Waals surface area contributed by atoms with Gasteiger partial charge in [0.25, 0.3) is 0 Å². The molecule has 0 fully saturated rings. The van der Waals surface area contributed by atoms with E-state index in [0.29, 0.717) is 25.7 Å². The van der Waals surface area contributed by atoms with E-state index in [4.69, 9.17) is 14.2 Å². The van der Waals surface area contributed by atoms with Gasteiger partial charge in [-0.1, -0.05) is 182 Å². The third-order valence-corrected chi connectivity index (χ3v) is 10.5. The minimum Gasteiger partial charge on any atom is -0.462 e. The highest BCUT2D eigenvalue weighted by molar-refractivity contribution is 5.71. The Balaban J connectivity index is 4.54. The lowest BCUT2D eigenvalue weighted by molar-refractivity contribution is -0.167. The predicted octanol–water partition coefficient (Wildman–Crippen LogP) is 17.0. The largest absolute Gasteiger partial charge is 0.462 e. The van der Waals surface area contributed by atoms with Gasteiger partial charge in [0.15, 0.2) is 6.10 Å². The fraction of sp³-hybridized carbons (Fsp3) is 0.667. The number of hydrogen-bond acceptors (Lipinski definition) is 6. The molecule has 0 bridgehead atoms. The second-order valence-corrected chi connectivity index (χ2v) is 16.7. The second-order valence-electron chi connectivity index (χ2n) is 16.7. The number of rotatable bonds is 45. The molecule has 0 aromatic carbocycles. The van der Waals surface area contributed by atoms with Crippen molar-refractivity contribution in [3.8, 4) is 0 Å². The lowest BCUT2D eigenvalue weighted by Crippen LogP contribution is -2.30. The molecule has 0 rings (SSSR count). The third-order valence-electron chi connectivity index (χ3n) is 10.5. The number of unbranched alkanes of at least 4 members (excludes halogenated alkanes) is 18. The first-order valence-electron chi connectivity index (χ1n) is 25.7. The fourth-order valence-corrected chi connectivity index (χ4v) is 6.67. The van der Waals surface area contributed by atoms with Gasteiger partial charge < -0.3 is 14.2 Å². The summed E-state index contributed by atoms with van der Waals surface area (Å²) in [7, 11) is 0. The Labute approximate surface area is 387 Å². The normalized spacial score (nSPS) is 12.9. The van der Waals surface area contributed by atoms with E-state index in [9.17, 15) is 14.4 Å². The van der Waals surface area contributed by atoms with Gasteiger partial charge in [0.05, 0.1) is 0 Å². The minimum atomic E-state index is -0.818. The van der Waals surface area contributed by atoms with Crippen molar-refractivity contribution >= 4 is 17.9 Å². The van der Waals surface area contributed by atoms with Crippen molar-refractivity contribution in [2.75, 3.05) is 13.2 Å². The summed E-state index contributed by atoms with van der Waals surface area (Å²) in [5.74, 6) is -1.00. The van der Waals surface area contributed by atoms with E-state index in [-0.39, 0.29) is 37.5 Å². The average Bonchev–Trinajstić information content (AvgIpc) is 3.28. The fourth-order valence-electron chi connectivity index (χ4n) is 6.67. The lowest BCUT2D eigenvalue weighted by atomic mass is 10.1. The Bertz CT molecular complexity index is 1280. The summed E-state index contributed by atoms with van der Waals surface area (Å²) in [6, 6.07) is 0. The smallest absolute Gasteiger partial charge is 0.306 e. The van der Waals surface area contributed by atoms with E-state index in [0.717, 1.165) is 96.3 Å². The monoisotopic (exact) mass is 875 g/mol. The molecule has 358 valence electrons. The first kappa shape index (κ1) is 59.3. The van der Waals surface area contributed by atoms with Crippen LogP contribution in [0.4, 0.5) is 0 Å². The van der Waals surface area contributed by atoms with Gasteiger partial charge in [0, 0.05) is 19.3 Å². The summed E-state index contributed by atoms with van der Waals surface area (Å²) >= 11 is 0. The van der Waals surface area contributed by atoms with Crippen LogP contribution in [-0.4, -0.2) is 37.2 Å². The highest BCUT2D eigenvalue weighted by Gasteiger charge is 2.19. The molecule has 0 saturated heterocycles. The van der Waals surface area contributed by atoms with E-state index in [1.807, 2.05) is 0 Å². The highest BCUT2D eigenvalue weighted by Crippen LogP contribution is 2.12. The van der Waals surface area contributed by atoms with Crippen molar-refractivity contribution in [3.05, 3.63) is 97.2 Å². The zero-order valence-corrected chi connectivity index (χ0v) is 40.8. The third kappa shape index (κ3) is 49.2. The van der Waals surface area contributed by atoms with Crippen LogP contribution in [0, 0.1) is 0 Å². The van der Waals surface area contributed by atoms with Gasteiger partial charge >= 0.3 is 17.9 Å². The van der Waals surface area contributed by atoms with Gasteiger partial charge in [-0.15, -0.1) is 0 Å². The summed E-state index contributed by atoms with van der Waals surface area (Å²) in [6.07, 6.45) is 66.8. The minimum absolute atomic E-state index is 0.111. The number of esters is 3. The van der Waals surface area contributed by atoms with Crippen molar-refractivity contribution in [2.24, 2.45) is 0 Å². The van der Waals surface area contributed by atoms with Crippen molar-refractivity contribution in [1.29, 1.82) is 0 Å². The zero-order valence-electron chi connectivity index (χ0n) is 40.8. The first-order chi connectivity index (χ1) is 31.0. The molecule has 6 nitrogen and oxygen atoms in total. The van der Waals surface area contributed by atoms with Crippen LogP contribution in [0.5, 0.6) is 0 Å². The van der Waals surface area contributed by atoms with Crippen LogP contribution in [0.15, 0.2) is 97.2 Å². The highest BCUT2D eigenvalue weighted by atomic mass is 16.6. The van der Waals surface area contributed by atoms with E-state index < -0.39 is 6.10 Å². The van der Waals surface area contributed by atoms with Crippen molar-refractivity contribution in [1.82, 2.24) is 0 Å². The molecule has 1 atom stereocenters. The molecule has 0 N–H and O–H groups in total. The molecule has 0 spiro atoms. The van der Waals surface area contributed by atoms with Gasteiger partial charge in [0.1, 0.15) is 13.2 Å². The SMILES string of the molecule is CC/C=C\C/C=C\C/C=C\C/C=C\CCCCC(=O)OC[C@@H](COC(=O)CCCCCCC/C=C\CCCCCCCC)OC(=O)CCCC/C=C\C/C=C\C/C=C\CCCCC. The molecule has 0 radical (unpaired) electrons. The first-order valence-corrected chi connectivity index (χ1v) is 25.7. The van der Waals surface area contributed by atoms with Crippen LogP contribution < -0.4 is 0 Å². The van der Waals surface area contributed by atoms with Crippen LogP contribution in [0.3, 0.4) is 0 Å². The van der Waals surface area contributed by atoms with E-state index in [1.165, 1.54) is 77.0 Å². The molecule has 0 saturated carbocycles. The number of carbonyl (C=O) groups excluding carboxylic acids is 3. The van der Waals surface area contributed by atoms with Crippen LogP contribution in [-0.2, 0) is 28.6 Å². The lowest BCUT2D eigenvalue weighted by Gasteiger charge is -2.18. The summed E-state index contributed by atoms with van der Waals surface area (Å²) in [5.41, 5.74) is 0. The van der Waals surface area contributed by atoms with Crippen LogP contribution in [0.25, 0.3) is 0 Å². The Hall–Kier alpha value is -3.67. The maximum Gasteiger partial charge on any atom is 0.306 e. The van der Waals surface area contributed by atoms with Gasteiger partial charge in [-0.05, 0) is 122 Å². The van der Waals surface area contributed by atoms with E-state index >= 15 is 0 Å². The van der Waals surface area contributed by atoms with Crippen molar-refractivity contribution in [3.63, 3.8) is 0 Å². The predicted molar refractivity (Wildman–Crippen MR) is 270 cm³/mol. The number of ether oxygens (including phenoxy) is 3. The molecule has 0 aromatic rings. The molecule has 0 aromatic heterocycles. The van der Waals surface area contributed by atoms with Crippen LogP contribution in [0.2, 0.25) is 0 Å². The summed E-state index contributed by atoms with van der Waals surface area (Å²) in [6.45, 7) is 6.40. The van der Waals surface area contributed by atoms with Crippen LogP contribution in [0.1, 0.15) is 226 Å². The van der Waals surface area contributed by atoms with Crippen molar-refractivity contribution in [2.45, 2.75) is 232 Å². The number of allylic oxidation sites excluding steroid dienone is 16. The maximum absolute atomic E-state index is 12.8. The Morgan fingerprint density at radius 3 is 1.05 bits per heavy atom. The summed E-state index contributed by atoms with van der Waals surface area (Å²) < 4.78 is 16.7. The molecule has 0 unspecified atom stereocenters. The number of carbonyl (C=O) groups is 3. The molecule has 0 heterocycles. The Morgan fingerprint density at radius 1 is 0.333 bits per heavy atom. The standard InChI is InChI=1S/C57H94O6/c1-4-7-10-13-16-19-22-25-28-31-34-37-40-43-46-49-55(58)61-52-54(63-57(60)51-48-45-42-39-36-33-30-27-24-21-18-15-12-9-6-3)53-62-56(59)50-47-44-41-38-35-32-29-26-23-20-17-14-11-8-5-2/h7,10,16,18-19,21,25-30,34,36-37,39,54H,4-6,8-9,11-15,17,20,22-24,31-33,35,38,40-53H2,1-3H3/b10-7-,19-16-,21-18-,28-25-,29-26-,30-27-,37-34-,39-36-/t54-/m0/s1. The van der Waals surface area contributed by atoms with E-state index in [1.54, 1.807) is 0 Å². The molecule has 0 aliphatic rings. The average molecular weight is 875 g/mol. The Morgan fingerprint density at radius 2 is 0.619 bits per heavy atom. The molecular weight excluding hydrogens is 781 g/mol. The molecular formula is C57H94O6. The number of hydrogen-bond donors (Lipinski definition) is 0. The van der Waals surface area contributed by atoms with Gasteiger partial charge in [-0.25, -0.2) is 0 Å². The van der Waals surface area contributed by atoms with Gasteiger partial charge in [-0.3, -0.25) is 14.4 Å². The summed E-state index contributed by atoms with van der Waals surface area (Å²) in [4.78, 5) is 38.0. The van der Waals surface area contributed by atoms with Gasteiger partial charge in [0.2, 0.25) is 0 Å². The maximum atomic E-state index is 12.8. The Kier molecular flexibility index (Phi) is 48.0. The molecule has 6 heteroatoms. The molecule has 0 amide bonds. The van der Waals surface area contributed by atoms with Crippen LogP contribution >= 0.6 is 0 Å². The van der Waals surface area contributed by atoms with Gasteiger partial charge in [-0.2, -0.15) is 0 Å². The zero-order chi connectivity index (χ0) is 45.8.